The maximum atomic E-state index is 11.8. The van der Waals surface area contributed by atoms with E-state index in [2.05, 4.69) is 28.5 Å². The van der Waals surface area contributed by atoms with E-state index in [1.807, 2.05) is 18.2 Å². The molecule has 1 saturated heterocycles. The Hall–Kier alpha value is -2.24. The fourth-order valence-electron chi connectivity index (χ4n) is 4.80. The number of carbonyl (C=O) groups excluding carboxylic acids is 1. The van der Waals surface area contributed by atoms with E-state index in [1.165, 1.54) is 38.5 Å². The van der Waals surface area contributed by atoms with Crippen molar-refractivity contribution in [3.8, 4) is 5.75 Å². The SMILES string of the molecule is CCNC(=NCc1cccc(OCC(=O)NC2CC2)c1)N1CCC2(CCCCC2)C1. The Morgan fingerprint density at radius 1 is 1.23 bits per heavy atom. The molecular weight excluding hydrogens is 376 g/mol. The largest absolute Gasteiger partial charge is 0.484 e. The second-order valence-corrected chi connectivity index (χ2v) is 9.18. The molecule has 2 N–H and O–H groups in total. The van der Waals surface area contributed by atoms with Crippen molar-refractivity contribution >= 4 is 11.9 Å². The standard InChI is InChI=1S/C24H36N4O2/c1-2-25-23(28-14-13-24(18-28)11-4-3-5-12-24)26-16-19-7-6-8-21(15-19)30-17-22(29)27-20-9-10-20/h6-8,15,20H,2-5,9-14,16-18H2,1H3,(H,25,26)(H,27,29). The lowest BCUT2D eigenvalue weighted by atomic mass is 9.73. The molecule has 0 unspecified atom stereocenters. The third kappa shape index (κ3) is 5.67. The number of rotatable bonds is 7. The first-order valence-electron chi connectivity index (χ1n) is 11.7. The third-order valence-electron chi connectivity index (χ3n) is 6.61. The maximum Gasteiger partial charge on any atom is 0.258 e. The first kappa shape index (κ1) is 21.0. The number of hydrogen-bond donors (Lipinski definition) is 2. The number of aliphatic imine (C=N–C) groups is 1. The number of nitrogens with one attached hydrogen (secondary N) is 2. The molecule has 1 aliphatic heterocycles. The van der Waals surface area contributed by atoms with Gasteiger partial charge in [-0.1, -0.05) is 31.4 Å². The van der Waals surface area contributed by atoms with Crippen LogP contribution in [0.1, 0.15) is 63.9 Å². The van der Waals surface area contributed by atoms with Crippen molar-refractivity contribution in [2.75, 3.05) is 26.2 Å². The van der Waals surface area contributed by atoms with E-state index in [1.54, 1.807) is 0 Å². The molecule has 1 heterocycles. The monoisotopic (exact) mass is 412 g/mol. The summed E-state index contributed by atoms with van der Waals surface area (Å²) in [6.45, 7) is 5.92. The van der Waals surface area contributed by atoms with Gasteiger partial charge in [-0.3, -0.25) is 4.79 Å². The molecule has 30 heavy (non-hydrogen) atoms. The zero-order valence-electron chi connectivity index (χ0n) is 18.3. The number of amides is 1. The predicted molar refractivity (Wildman–Crippen MR) is 120 cm³/mol. The van der Waals surface area contributed by atoms with Gasteiger partial charge < -0.3 is 20.3 Å². The number of guanidine groups is 1. The minimum Gasteiger partial charge on any atom is -0.484 e. The normalized spacial score (nSPS) is 21.0. The Labute approximate surface area is 180 Å². The van der Waals surface area contributed by atoms with E-state index >= 15 is 0 Å². The van der Waals surface area contributed by atoms with Gasteiger partial charge in [0.1, 0.15) is 5.75 Å². The van der Waals surface area contributed by atoms with Crippen LogP contribution in [0.2, 0.25) is 0 Å². The van der Waals surface area contributed by atoms with Gasteiger partial charge in [-0.05, 0) is 62.1 Å². The number of hydrogen-bond acceptors (Lipinski definition) is 3. The minimum absolute atomic E-state index is 0.0407. The fraction of sp³-hybridized carbons (Fsp3) is 0.667. The summed E-state index contributed by atoms with van der Waals surface area (Å²) in [5.74, 6) is 1.71. The number of benzene rings is 1. The van der Waals surface area contributed by atoms with Crippen molar-refractivity contribution in [2.24, 2.45) is 10.4 Å². The van der Waals surface area contributed by atoms with E-state index in [0.29, 0.717) is 18.0 Å². The Morgan fingerprint density at radius 3 is 2.83 bits per heavy atom. The highest BCUT2D eigenvalue weighted by atomic mass is 16.5. The van der Waals surface area contributed by atoms with Crippen LogP contribution in [-0.4, -0.2) is 49.0 Å². The van der Waals surface area contributed by atoms with Crippen molar-refractivity contribution in [1.82, 2.24) is 15.5 Å². The smallest absolute Gasteiger partial charge is 0.258 e. The van der Waals surface area contributed by atoms with Crippen LogP contribution in [0, 0.1) is 5.41 Å². The molecule has 164 valence electrons. The molecule has 0 bridgehead atoms. The molecule has 4 rings (SSSR count). The van der Waals surface area contributed by atoms with Gasteiger partial charge in [0.05, 0.1) is 6.54 Å². The van der Waals surface area contributed by atoms with Crippen LogP contribution in [0.4, 0.5) is 0 Å². The molecule has 2 aliphatic carbocycles. The van der Waals surface area contributed by atoms with E-state index < -0.39 is 0 Å². The van der Waals surface area contributed by atoms with Gasteiger partial charge in [0, 0.05) is 25.7 Å². The first-order chi connectivity index (χ1) is 14.7. The molecular formula is C24H36N4O2. The number of nitrogens with zero attached hydrogens (tertiary/aromatic N) is 2. The van der Waals surface area contributed by atoms with Crippen molar-refractivity contribution in [2.45, 2.75) is 70.9 Å². The summed E-state index contributed by atoms with van der Waals surface area (Å²) >= 11 is 0. The van der Waals surface area contributed by atoms with E-state index in [9.17, 15) is 4.79 Å². The van der Waals surface area contributed by atoms with Gasteiger partial charge in [0.15, 0.2) is 12.6 Å². The Bertz CT molecular complexity index is 753. The second-order valence-electron chi connectivity index (χ2n) is 9.18. The molecule has 3 fully saturated rings. The number of likely N-dealkylation sites (tertiary alicyclic amines) is 1. The van der Waals surface area contributed by atoms with E-state index in [4.69, 9.17) is 9.73 Å². The topological polar surface area (TPSA) is 66.0 Å². The molecule has 2 saturated carbocycles. The molecule has 6 nitrogen and oxygen atoms in total. The summed E-state index contributed by atoms with van der Waals surface area (Å²) in [4.78, 5) is 19.2. The van der Waals surface area contributed by atoms with Gasteiger partial charge in [-0.15, -0.1) is 0 Å². The number of carbonyl (C=O) groups is 1. The Kier molecular flexibility index (Phi) is 6.80. The van der Waals surface area contributed by atoms with Crippen LogP contribution in [0.25, 0.3) is 0 Å². The molecule has 0 aromatic heterocycles. The number of ether oxygens (including phenoxy) is 1. The molecule has 6 heteroatoms. The third-order valence-corrected chi connectivity index (χ3v) is 6.61. The van der Waals surface area contributed by atoms with Crippen LogP contribution in [0.5, 0.6) is 5.75 Å². The lowest BCUT2D eigenvalue weighted by molar-refractivity contribution is -0.123. The summed E-state index contributed by atoms with van der Waals surface area (Å²) in [6.07, 6.45) is 10.4. The van der Waals surface area contributed by atoms with Crippen molar-refractivity contribution < 1.29 is 9.53 Å². The van der Waals surface area contributed by atoms with Crippen LogP contribution in [0.15, 0.2) is 29.3 Å². The summed E-state index contributed by atoms with van der Waals surface area (Å²) < 4.78 is 5.68. The molecule has 1 amide bonds. The molecule has 1 spiro atoms. The fourth-order valence-corrected chi connectivity index (χ4v) is 4.80. The Balaban J connectivity index is 1.33. The second kappa shape index (κ2) is 9.71. The van der Waals surface area contributed by atoms with Crippen molar-refractivity contribution in [3.63, 3.8) is 0 Å². The molecule has 1 aromatic rings. The lowest BCUT2D eigenvalue weighted by Gasteiger charge is -2.33. The zero-order chi connectivity index (χ0) is 20.8. The Morgan fingerprint density at radius 2 is 2.07 bits per heavy atom. The van der Waals surface area contributed by atoms with Crippen molar-refractivity contribution in [1.29, 1.82) is 0 Å². The quantitative estimate of drug-likeness (QED) is 0.532. The van der Waals surface area contributed by atoms with Gasteiger partial charge in [0.25, 0.3) is 5.91 Å². The molecule has 3 aliphatic rings. The first-order valence-corrected chi connectivity index (χ1v) is 11.7. The summed E-state index contributed by atoms with van der Waals surface area (Å²) in [6, 6.07) is 8.29. The van der Waals surface area contributed by atoms with Crippen LogP contribution < -0.4 is 15.4 Å². The molecule has 0 radical (unpaired) electrons. The van der Waals surface area contributed by atoms with Crippen LogP contribution in [0.3, 0.4) is 0 Å². The highest BCUT2D eigenvalue weighted by Gasteiger charge is 2.39. The highest BCUT2D eigenvalue weighted by Crippen LogP contribution is 2.43. The highest BCUT2D eigenvalue weighted by molar-refractivity contribution is 5.80. The van der Waals surface area contributed by atoms with Gasteiger partial charge in [-0.25, -0.2) is 4.99 Å². The zero-order valence-corrected chi connectivity index (χ0v) is 18.3. The van der Waals surface area contributed by atoms with E-state index in [-0.39, 0.29) is 12.5 Å². The molecule has 1 aromatic carbocycles. The predicted octanol–water partition coefficient (Wildman–Crippen LogP) is 3.47. The van der Waals surface area contributed by atoms with Gasteiger partial charge in [-0.2, -0.15) is 0 Å². The van der Waals surface area contributed by atoms with Crippen LogP contribution in [-0.2, 0) is 11.3 Å². The molecule has 0 atom stereocenters. The minimum atomic E-state index is -0.0407. The van der Waals surface area contributed by atoms with Crippen molar-refractivity contribution in [3.05, 3.63) is 29.8 Å². The summed E-state index contributed by atoms with van der Waals surface area (Å²) in [5, 5.41) is 6.44. The lowest BCUT2D eigenvalue weighted by Crippen LogP contribution is -2.41. The van der Waals surface area contributed by atoms with E-state index in [0.717, 1.165) is 49.7 Å². The summed E-state index contributed by atoms with van der Waals surface area (Å²) in [7, 11) is 0. The van der Waals surface area contributed by atoms with Gasteiger partial charge >= 0.3 is 0 Å². The van der Waals surface area contributed by atoms with Gasteiger partial charge in [0.2, 0.25) is 0 Å². The van der Waals surface area contributed by atoms with Crippen LogP contribution >= 0.6 is 0 Å². The summed E-state index contributed by atoms with van der Waals surface area (Å²) in [5.41, 5.74) is 1.61. The maximum absolute atomic E-state index is 11.8. The average molecular weight is 413 g/mol. The average Bonchev–Trinajstić information content (AvgIpc) is 3.49.